The van der Waals surface area contributed by atoms with Gasteiger partial charge in [0, 0.05) is 63.8 Å². The van der Waals surface area contributed by atoms with E-state index in [-0.39, 0.29) is 12.1 Å². The first kappa shape index (κ1) is 25.1. The van der Waals surface area contributed by atoms with Gasteiger partial charge in [-0.2, -0.15) is 10.1 Å². The molecule has 12 nitrogen and oxygen atoms in total. The van der Waals surface area contributed by atoms with Crippen LogP contribution in [0.5, 0.6) is 0 Å². The van der Waals surface area contributed by atoms with Gasteiger partial charge in [-0.15, -0.1) is 0 Å². The second-order valence-corrected chi connectivity index (χ2v) is 9.92. The van der Waals surface area contributed by atoms with Gasteiger partial charge in [0.15, 0.2) is 0 Å². The number of ether oxygens (including phenoxy) is 1. The Morgan fingerprint density at radius 1 is 1.00 bits per heavy atom. The van der Waals surface area contributed by atoms with Crippen molar-refractivity contribution >= 4 is 23.5 Å². The van der Waals surface area contributed by atoms with Gasteiger partial charge < -0.3 is 25.2 Å². The SMILES string of the molecule is C[C@@H]1CN(c2ncnc(Nc3cnn(C[C@@H]4CNCCO4)c3)n2)CCN1c1ncc(Cc2ccccc2)cn1. The average Bonchev–Trinajstić information content (AvgIpc) is 3.41. The molecule has 6 rings (SSSR count). The highest BCUT2D eigenvalue weighted by molar-refractivity contribution is 5.52. The lowest BCUT2D eigenvalue weighted by Crippen LogP contribution is -2.53. The van der Waals surface area contributed by atoms with Crippen LogP contribution in [0.4, 0.5) is 23.5 Å². The molecule has 0 amide bonds. The van der Waals surface area contributed by atoms with Gasteiger partial charge in [-0.3, -0.25) is 4.68 Å². The van der Waals surface area contributed by atoms with E-state index in [2.05, 4.69) is 81.6 Å². The normalized spacial score (nSPS) is 19.7. The van der Waals surface area contributed by atoms with Gasteiger partial charge in [0.05, 0.1) is 31.1 Å². The van der Waals surface area contributed by atoms with Crippen molar-refractivity contribution in [2.45, 2.75) is 32.0 Å². The monoisotopic (exact) mass is 527 g/mol. The molecule has 0 saturated carbocycles. The molecule has 202 valence electrons. The highest BCUT2D eigenvalue weighted by Gasteiger charge is 2.27. The molecular weight excluding hydrogens is 494 g/mol. The second-order valence-electron chi connectivity index (χ2n) is 9.92. The molecule has 4 aromatic rings. The molecule has 12 heteroatoms. The van der Waals surface area contributed by atoms with Crippen molar-refractivity contribution in [3.05, 3.63) is 72.6 Å². The number of benzene rings is 1. The molecule has 39 heavy (non-hydrogen) atoms. The summed E-state index contributed by atoms with van der Waals surface area (Å²) < 4.78 is 7.64. The molecule has 3 aromatic heterocycles. The zero-order valence-electron chi connectivity index (χ0n) is 22.0. The van der Waals surface area contributed by atoms with E-state index >= 15 is 0 Å². The van der Waals surface area contributed by atoms with E-state index in [1.165, 1.54) is 5.56 Å². The van der Waals surface area contributed by atoms with Crippen LogP contribution in [0.25, 0.3) is 0 Å². The first-order valence-corrected chi connectivity index (χ1v) is 13.4. The zero-order chi connectivity index (χ0) is 26.4. The van der Waals surface area contributed by atoms with Crippen LogP contribution in [0, 0.1) is 0 Å². The van der Waals surface area contributed by atoms with Crippen LogP contribution >= 0.6 is 0 Å². The molecule has 0 bridgehead atoms. The maximum Gasteiger partial charge on any atom is 0.232 e. The largest absolute Gasteiger partial charge is 0.374 e. The van der Waals surface area contributed by atoms with Gasteiger partial charge in [-0.05, 0) is 18.1 Å². The van der Waals surface area contributed by atoms with Crippen LogP contribution in [-0.2, 0) is 17.7 Å². The smallest absolute Gasteiger partial charge is 0.232 e. The number of nitrogens with zero attached hydrogens (tertiary/aromatic N) is 9. The Bertz CT molecular complexity index is 1340. The highest BCUT2D eigenvalue weighted by Crippen LogP contribution is 2.21. The third kappa shape index (κ3) is 6.29. The number of rotatable bonds is 8. The summed E-state index contributed by atoms with van der Waals surface area (Å²) in [5.74, 6) is 1.89. The zero-order valence-corrected chi connectivity index (χ0v) is 22.0. The Kier molecular flexibility index (Phi) is 7.54. The van der Waals surface area contributed by atoms with Crippen molar-refractivity contribution in [2.24, 2.45) is 0 Å². The minimum atomic E-state index is 0.119. The van der Waals surface area contributed by atoms with Crippen LogP contribution in [-0.4, -0.2) is 86.2 Å². The van der Waals surface area contributed by atoms with E-state index < -0.39 is 0 Å². The first-order chi connectivity index (χ1) is 19.2. The molecule has 2 saturated heterocycles. The summed E-state index contributed by atoms with van der Waals surface area (Å²) in [5.41, 5.74) is 3.18. The Labute approximate surface area is 227 Å². The molecule has 5 heterocycles. The van der Waals surface area contributed by atoms with Crippen molar-refractivity contribution in [1.82, 2.24) is 40.0 Å². The number of aromatic nitrogens is 7. The summed E-state index contributed by atoms with van der Waals surface area (Å²) in [4.78, 5) is 27.2. The molecule has 2 N–H and O–H groups in total. The first-order valence-electron chi connectivity index (χ1n) is 13.4. The maximum absolute atomic E-state index is 5.77. The molecule has 0 unspecified atom stereocenters. The number of hydrogen-bond acceptors (Lipinski definition) is 11. The number of piperazine rings is 1. The third-order valence-electron chi connectivity index (χ3n) is 6.95. The van der Waals surface area contributed by atoms with Gasteiger partial charge in [-0.25, -0.2) is 19.9 Å². The van der Waals surface area contributed by atoms with Crippen LogP contribution in [0.3, 0.4) is 0 Å². The van der Waals surface area contributed by atoms with E-state index in [4.69, 9.17) is 4.74 Å². The second kappa shape index (κ2) is 11.7. The van der Waals surface area contributed by atoms with Crippen LogP contribution in [0.15, 0.2) is 61.4 Å². The Balaban J connectivity index is 1.05. The van der Waals surface area contributed by atoms with Crippen LogP contribution in [0.2, 0.25) is 0 Å². The van der Waals surface area contributed by atoms with E-state index in [0.717, 1.165) is 63.0 Å². The quantitative estimate of drug-likeness (QED) is 0.349. The predicted octanol–water partition coefficient (Wildman–Crippen LogP) is 1.90. The minimum Gasteiger partial charge on any atom is -0.374 e. The number of nitrogens with one attached hydrogen (secondary N) is 2. The van der Waals surface area contributed by atoms with Gasteiger partial charge in [0.1, 0.15) is 6.33 Å². The average molecular weight is 528 g/mol. The molecule has 1 aromatic carbocycles. The summed E-state index contributed by atoms with van der Waals surface area (Å²) in [7, 11) is 0. The van der Waals surface area contributed by atoms with E-state index in [1.807, 2.05) is 29.3 Å². The molecule has 2 aliphatic heterocycles. The fourth-order valence-corrected chi connectivity index (χ4v) is 4.96. The van der Waals surface area contributed by atoms with E-state index in [9.17, 15) is 0 Å². The van der Waals surface area contributed by atoms with Crippen molar-refractivity contribution in [3.63, 3.8) is 0 Å². The standard InChI is InChI=1S/C27H33N11O/c1-20-16-36(8-9-38(20)26-29-12-22(13-30-26)11-21-5-3-2-4-6-21)27-32-19-31-25(35-27)34-23-14-33-37(17-23)18-24-15-28-7-10-39-24/h2-6,12-14,17,19-20,24,28H,7-11,15-16,18H2,1H3,(H,31,32,34,35)/t20-,24+/m1/s1. The molecule has 0 spiro atoms. The minimum absolute atomic E-state index is 0.119. The van der Waals surface area contributed by atoms with Crippen LogP contribution in [0.1, 0.15) is 18.1 Å². The van der Waals surface area contributed by atoms with Gasteiger partial charge in [-0.1, -0.05) is 30.3 Å². The highest BCUT2D eigenvalue weighted by atomic mass is 16.5. The van der Waals surface area contributed by atoms with E-state index in [0.29, 0.717) is 18.4 Å². The Morgan fingerprint density at radius 3 is 2.67 bits per heavy atom. The molecular formula is C27H33N11O. The summed E-state index contributed by atoms with van der Waals surface area (Å²) >= 11 is 0. The topological polar surface area (TPSA) is 122 Å². The van der Waals surface area contributed by atoms with Crippen molar-refractivity contribution in [3.8, 4) is 0 Å². The lowest BCUT2D eigenvalue weighted by atomic mass is 10.1. The van der Waals surface area contributed by atoms with Crippen molar-refractivity contribution in [2.75, 3.05) is 54.4 Å². The number of anilines is 4. The number of hydrogen-bond donors (Lipinski definition) is 2. The summed E-state index contributed by atoms with van der Waals surface area (Å²) in [6.45, 7) is 7.61. The third-order valence-corrected chi connectivity index (χ3v) is 6.95. The lowest BCUT2D eigenvalue weighted by Gasteiger charge is -2.39. The van der Waals surface area contributed by atoms with E-state index in [1.54, 1.807) is 12.5 Å². The summed E-state index contributed by atoms with van der Waals surface area (Å²) in [5, 5.41) is 11.0. The summed E-state index contributed by atoms with van der Waals surface area (Å²) in [6, 6.07) is 10.6. The summed E-state index contributed by atoms with van der Waals surface area (Å²) in [6.07, 6.45) is 10.1. The molecule has 2 aliphatic rings. The fraction of sp³-hybridized carbons (Fsp3) is 0.407. The molecule has 0 aliphatic carbocycles. The maximum atomic E-state index is 5.77. The Morgan fingerprint density at radius 2 is 1.87 bits per heavy atom. The Hall–Kier alpha value is -4.16. The van der Waals surface area contributed by atoms with Crippen molar-refractivity contribution in [1.29, 1.82) is 0 Å². The molecule has 0 radical (unpaired) electrons. The van der Waals surface area contributed by atoms with Gasteiger partial charge >= 0.3 is 0 Å². The number of morpholine rings is 1. The molecule has 2 fully saturated rings. The lowest BCUT2D eigenvalue weighted by molar-refractivity contribution is 0.0161. The fourth-order valence-electron chi connectivity index (χ4n) is 4.96. The van der Waals surface area contributed by atoms with Crippen LogP contribution < -0.4 is 20.4 Å². The van der Waals surface area contributed by atoms with Gasteiger partial charge in [0.2, 0.25) is 17.8 Å². The van der Waals surface area contributed by atoms with Gasteiger partial charge in [0.25, 0.3) is 0 Å². The predicted molar refractivity (Wildman–Crippen MR) is 148 cm³/mol. The molecule has 2 atom stereocenters. The van der Waals surface area contributed by atoms with Crippen molar-refractivity contribution < 1.29 is 4.74 Å².